The molecule has 5 rings (SSSR count). The zero-order valence-corrected chi connectivity index (χ0v) is 24.0. The summed E-state index contributed by atoms with van der Waals surface area (Å²) in [5, 5.41) is 4.59. The lowest BCUT2D eigenvalue weighted by Crippen LogP contribution is -2.53. The number of likely N-dealkylation sites (N-methyl/N-ethyl adjacent to an activating group) is 1. The zero-order valence-electron chi connectivity index (χ0n) is 22.5. The summed E-state index contributed by atoms with van der Waals surface area (Å²) in [6.07, 6.45) is 2.46. The van der Waals surface area contributed by atoms with E-state index < -0.39 is 5.41 Å². The van der Waals surface area contributed by atoms with Crippen molar-refractivity contribution in [2.24, 2.45) is 5.92 Å². The molecule has 2 fully saturated rings. The highest BCUT2D eigenvalue weighted by Gasteiger charge is 2.62. The van der Waals surface area contributed by atoms with Crippen LogP contribution in [0.1, 0.15) is 42.9 Å². The molecule has 204 valence electrons. The van der Waals surface area contributed by atoms with Gasteiger partial charge in [0.2, 0.25) is 11.8 Å². The Morgan fingerprint density at radius 3 is 2.21 bits per heavy atom. The van der Waals surface area contributed by atoms with Gasteiger partial charge in [0, 0.05) is 50.2 Å². The standard InChI is InChI=1S/C32H35Cl2N3O2/c1-23(38)35-31(25-9-4-3-5-10-25)16-18-37(19-17-31)22-27-20-32(27,26-12-14-28(33)15-13-26)30(39)36(2)21-24-8-6-7-11-29(24)34/h3-15,27H,16-22H2,1-2H3,(H,35,38)/t27-,32+/m0/s1. The summed E-state index contributed by atoms with van der Waals surface area (Å²) in [4.78, 5) is 30.5. The molecule has 3 aromatic rings. The van der Waals surface area contributed by atoms with Crippen LogP contribution in [0.3, 0.4) is 0 Å². The van der Waals surface area contributed by atoms with Crippen molar-refractivity contribution in [1.29, 1.82) is 0 Å². The zero-order chi connectivity index (χ0) is 27.6. The summed E-state index contributed by atoms with van der Waals surface area (Å²) in [6, 6.07) is 25.7. The van der Waals surface area contributed by atoms with E-state index in [-0.39, 0.29) is 23.3 Å². The number of piperidine rings is 1. The number of hydrogen-bond acceptors (Lipinski definition) is 3. The topological polar surface area (TPSA) is 52.7 Å². The molecule has 2 amide bonds. The Morgan fingerprint density at radius 2 is 1.56 bits per heavy atom. The van der Waals surface area contributed by atoms with Gasteiger partial charge in [0.15, 0.2) is 0 Å². The van der Waals surface area contributed by atoms with Crippen LogP contribution in [0.4, 0.5) is 0 Å². The lowest BCUT2D eigenvalue weighted by atomic mass is 9.80. The van der Waals surface area contributed by atoms with Crippen LogP contribution in [-0.4, -0.2) is 48.3 Å². The third-order valence-corrected chi connectivity index (χ3v) is 9.11. The molecule has 7 heteroatoms. The van der Waals surface area contributed by atoms with Crippen molar-refractivity contribution in [2.45, 2.75) is 43.7 Å². The van der Waals surface area contributed by atoms with Crippen LogP contribution in [0.15, 0.2) is 78.9 Å². The Hall–Kier alpha value is -2.86. The third kappa shape index (κ3) is 5.72. The fourth-order valence-corrected chi connectivity index (χ4v) is 6.66. The van der Waals surface area contributed by atoms with Crippen LogP contribution in [0.2, 0.25) is 10.0 Å². The first-order chi connectivity index (χ1) is 18.7. The number of amides is 2. The second-order valence-corrected chi connectivity index (χ2v) is 11.9. The van der Waals surface area contributed by atoms with Crippen LogP contribution < -0.4 is 5.32 Å². The maximum Gasteiger partial charge on any atom is 0.233 e. The first-order valence-corrected chi connectivity index (χ1v) is 14.3. The quantitative estimate of drug-likeness (QED) is 0.363. The van der Waals surface area contributed by atoms with Gasteiger partial charge in [-0.3, -0.25) is 9.59 Å². The minimum absolute atomic E-state index is 0.0107. The molecule has 2 atom stereocenters. The van der Waals surface area contributed by atoms with E-state index in [4.69, 9.17) is 23.2 Å². The fourth-order valence-electron chi connectivity index (χ4n) is 6.34. The van der Waals surface area contributed by atoms with E-state index in [2.05, 4.69) is 22.3 Å². The number of benzene rings is 3. The number of carbonyl (C=O) groups excluding carboxylic acids is 2. The van der Waals surface area contributed by atoms with Gasteiger partial charge in [-0.1, -0.05) is 83.9 Å². The van der Waals surface area contributed by atoms with Crippen molar-refractivity contribution in [3.8, 4) is 0 Å². The molecule has 1 saturated heterocycles. The molecule has 39 heavy (non-hydrogen) atoms. The molecule has 0 spiro atoms. The van der Waals surface area contributed by atoms with E-state index >= 15 is 0 Å². The first-order valence-electron chi connectivity index (χ1n) is 13.6. The summed E-state index contributed by atoms with van der Waals surface area (Å²) >= 11 is 12.6. The molecule has 0 radical (unpaired) electrons. The number of rotatable bonds is 8. The number of hydrogen-bond donors (Lipinski definition) is 1. The lowest BCUT2D eigenvalue weighted by Gasteiger charge is -2.43. The fraction of sp³-hybridized carbons (Fsp3) is 0.375. The molecule has 0 unspecified atom stereocenters. The van der Waals surface area contributed by atoms with E-state index in [0.29, 0.717) is 16.6 Å². The molecule has 1 aliphatic heterocycles. The molecule has 1 aliphatic carbocycles. The number of likely N-dealkylation sites (tertiary alicyclic amines) is 1. The van der Waals surface area contributed by atoms with E-state index in [1.54, 1.807) is 6.92 Å². The van der Waals surface area contributed by atoms with Gasteiger partial charge in [-0.2, -0.15) is 0 Å². The van der Waals surface area contributed by atoms with Crippen molar-refractivity contribution < 1.29 is 9.59 Å². The van der Waals surface area contributed by atoms with E-state index in [1.165, 1.54) is 0 Å². The van der Waals surface area contributed by atoms with Gasteiger partial charge in [0.25, 0.3) is 0 Å². The monoisotopic (exact) mass is 563 g/mol. The molecule has 0 aromatic heterocycles. The van der Waals surface area contributed by atoms with E-state index in [9.17, 15) is 9.59 Å². The van der Waals surface area contributed by atoms with Gasteiger partial charge in [-0.25, -0.2) is 0 Å². The van der Waals surface area contributed by atoms with Gasteiger partial charge in [0.1, 0.15) is 0 Å². The highest BCUT2D eigenvalue weighted by atomic mass is 35.5. The van der Waals surface area contributed by atoms with Gasteiger partial charge in [0.05, 0.1) is 11.0 Å². The maximum atomic E-state index is 14.1. The summed E-state index contributed by atoms with van der Waals surface area (Å²) in [5.41, 5.74) is 2.17. The second-order valence-electron chi connectivity index (χ2n) is 11.1. The highest BCUT2D eigenvalue weighted by molar-refractivity contribution is 6.31. The van der Waals surface area contributed by atoms with Crippen LogP contribution >= 0.6 is 23.2 Å². The average molecular weight is 565 g/mol. The summed E-state index contributed by atoms with van der Waals surface area (Å²) in [6.45, 7) is 4.59. The maximum absolute atomic E-state index is 14.1. The van der Waals surface area contributed by atoms with Crippen molar-refractivity contribution in [3.05, 3.63) is 106 Å². The minimum atomic E-state index is -0.577. The van der Waals surface area contributed by atoms with Crippen LogP contribution in [-0.2, 0) is 27.1 Å². The van der Waals surface area contributed by atoms with Gasteiger partial charge in [-0.15, -0.1) is 0 Å². The summed E-state index contributed by atoms with van der Waals surface area (Å²) in [5.74, 6) is 0.303. The SMILES string of the molecule is CC(=O)NC1(c2ccccc2)CCN(C[C@@H]2C[C@@]2(C(=O)N(C)Cc2ccccc2Cl)c2ccc(Cl)cc2)CC1. The summed E-state index contributed by atoms with van der Waals surface area (Å²) < 4.78 is 0. The molecule has 5 nitrogen and oxygen atoms in total. The molecule has 0 bridgehead atoms. The molecular weight excluding hydrogens is 529 g/mol. The smallest absolute Gasteiger partial charge is 0.233 e. The van der Waals surface area contributed by atoms with Crippen molar-refractivity contribution >= 4 is 35.0 Å². The largest absolute Gasteiger partial charge is 0.347 e. The normalized spacial score (nSPS) is 22.2. The van der Waals surface area contributed by atoms with Gasteiger partial charge in [-0.05, 0) is 60.1 Å². The molecule has 1 saturated carbocycles. The van der Waals surface area contributed by atoms with E-state index in [0.717, 1.165) is 55.6 Å². The van der Waals surface area contributed by atoms with Crippen LogP contribution in [0, 0.1) is 5.92 Å². The molecule has 1 N–H and O–H groups in total. The van der Waals surface area contributed by atoms with E-state index in [1.807, 2.05) is 78.7 Å². The Labute approximate surface area is 241 Å². The Balaban J connectivity index is 1.32. The predicted molar refractivity (Wildman–Crippen MR) is 157 cm³/mol. The highest BCUT2D eigenvalue weighted by Crippen LogP contribution is 2.56. The summed E-state index contributed by atoms with van der Waals surface area (Å²) in [7, 11) is 1.86. The Bertz CT molecular complexity index is 1320. The molecule has 2 aliphatic rings. The average Bonchev–Trinajstić information content (AvgIpc) is 3.65. The Morgan fingerprint density at radius 1 is 0.923 bits per heavy atom. The number of carbonyl (C=O) groups is 2. The molecular formula is C32H35Cl2N3O2. The van der Waals surface area contributed by atoms with Crippen LogP contribution in [0.25, 0.3) is 0 Å². The van der Waals surface area contributed by atoms with Crippen molar-refractivity contribution in [1.82, 2.24) is 15.1 Å². The molecule has 3 aromatic carbocycles. The third-order valence-electron chi connectivity index (χ3n) is 8.49. The van der Waals surface area contributed by atoms with Crippen molar-refractivity contribution in [3.63, 3.8) is 0 Å². The predicted octanol–water partition coefficient (Wildman–Crippen LogP) is 6.04. The number of nitrogens with one attached hydrogen (secondary N) is 1. The van der Waals surface area contributed by atoms with Gasteiger partial charge >= 0.3 is 0 Å². The minimum Gasteiger partial charge on any atom is -0.347 e. The van der Waals surface area contributed by atoms with Crippen LogP contribution in [0.5, 0.6) is 0 Å². The lowest BCUT2D eigenvalue weighted by molar-refractivity contribution is -0.133. The number of nitrogens with zero attached hydrogens (tertiary/aromatic N) is 2. The first kappa shape index (κ1) is 27.7. The second kappa shape index (κ2) is 11.3. The van der Waals surface area contributed by atoms with Crippen molar-refractivity contribution in [2.75, 3.05) is 26.7 Å². The Kier molecular flexibility index (Phi) is 8.04. The number of halogens is 2. The molecule has 1 heterocycles. The van der Waals surface area contributed by atoms with Gasteiger partial charge < -0.3 is 15.1 Å².